The van der Waals surface area contributed by atoms with Crippen molar-refractivity contribution < 1.29 is 19.0 Å². The molecule has 0 saturated carbocycles. The van der Waals surface area contributed by atoms with Gasteiger partial charge in [-0.2, -0.15) is 0 Å². The Morgan fingerprint density at radius 2 is 1.59 bits per heavy atom. The van der Waals surface area contributed by atoms with E-state index in [9.17, 15) is 4.79 Å². The largest absolute Gasteiger partial charge is 0.497 e. The zero-order chi connectivity index (χ0) is 20.5. The second-order valence-corrected chi connectivity index (χ2v) is 6.56. The van der Waals surface area contributed by atoms with Crippen LogP contribution in [0.1, 0.15) is 22.8 Å². The summed E-state index contributed by atoms with van der Waals surface area (Å²) in [6.45, 7) is 0.947. The van der Waals surface area contributed by atoms with Crippen LogP contribution < -0.4 is 10.1 Å². The molecule has 1 atom stereocenters. The number of hydrogen-bond acceptors (Lipinski definition) is 4. The van der Waals surface area contributed by atoms with Crippen LogP contribution in [0.25, 0.3) is 0 Å². The Kier molecular flexibility index (Phi) is 7.39. The zero-order valence-electron chi connectivity index (χ0n) is 16.6. The summed E-state index contributed by atoms with van der Waals surface area (Å²) in [5.41, 5.74) is 3.57. The quantitative estimate of drug-likeness (QED) is 0.572. The van der Waals surface area contributed by atoms with Crippen LogP contribution in [0.15, 0.2) is 78.9 Å². The predicted octanol–water partition coefficient (Wildman–Crippen LogP) is 4.74. The summed E-state index contributed by atoms with van der Waals surface area (Å²) in [6, 6.07) is 24.8. The van der Waals surface area contributed by atoms with Gasteiger partial charge in [0.15, 0.2) is 6.10 Å². The molecule has 1 N–H and O–H groups in total. The van der Waals surface area contributed by atoms with Gasteiger partial charge in [0, 0.05) is 12.8 Å². The molecule has 0 radical (unpaired) electrons. The summed E-state index contributed by atoms with van der Waals surface area (Å²) < 4.78 is 16.3. The highest BCUT2D eigenvalue weighted by Crippen LogP contribution is 2.20. The Morgan fingerprint density at radius 3 is 2.28 bits per heavy atom. The Morgan fingerprint density at radius 1 is 0.862 bits per heavy atom. The van der Waals surface area contributed by atoms with E-state index in [0.717, 1.165) is 22.4 Å². The molecule has 0 saturated heterocycles. The van der Waals surface area contributed by atoms with E-state index in [2.05, 4.69) is 5.32 Å². The summed E-state index contributed by atoms with van der Waals surface area (Å²) in [5.74, 6) is 0.608. The first kappa shape index (κ1) is 20.6. The first-order chi connectivity index (χ1) is 14.2. The first-order valence-corrected chi connectivity index (χ1v) is 9.38. The molecule has 3 rings (SSSR count). The molecule has 3 aromatic carbocycles. The summed E-state index contributed by atoms with van der Waals surface area (Å²) in [6.07, 6.45) is -0.661. The van der Waals surface area contributed by atoms with Gasteiger partial charge in [-0.05, 0) is 41.0 Å². The highest BCUT2D eigenvalue weighted by molar-refractivity contribution is 5.94. The molecule has 150 valence electrons. The lowest BCUT2D eigenvalue weighted by Gasteiger charge is -2.16. The molecule has 1 amide bonds. The first-order valence-electron chi connectivity index (χ1n) is 9.38. The number of carbonyl (C=O) groups excluding carboxylic acids is 1. The Bertz CT molecular complexity index is 910. The third-order valence-corrected chi connectivity index (χ3v) is 4.47. The normalized spacial score (nSPS) is 11.7. The van der Waals surface area contributed by atoms with Gasteiger partial charge in [-0.3, -0.25) is 4.79 Å². The minimum absolute atomic E-state index is 0.213. The van der Waals surface area contributed by atoms with Crippen molar-refractivity contribution in [2.45, 2.75) is 19.3 Å². The number of rotatable bonds is 9. The van der Waals surface area contributed by atoms with Crippen LogP contribution in [-0.2, 0) is 27.5 Å². The van der Waals surface area contributed by atoms with Crippen LogP contribution in [0.5, 0.6) is 5.75 Å². The lowest BCUT2D eigenvalue weighted by Crippen LogP contribution is -2.22. The molecule has 0 heterocycles. The molecule has 0 bridgehead atoms. The van der Waals surface area contributed by atoms with Crippen molar-refractivity contribution in [3.8, 4) is 5.75 Å². The van der Waals surface area contributed by atoms with Crippen molar-refractivity contribution in [1.82, 2.24) is 0 Å². The topological polar surface area (TPSA) is 56.8 Å². The second kappa shape index (κ2) is 10.4. The number of nitrogens with one attached hydrogen (secondary N) is 1. The minimum Gasteiger partial charge on any atom is -0.497 e. The predicted molar refractivity (Wildman–Crippen MR) is 113 cm³/mol. The molecule has 5 heteroatoms. The van der Waals surface area contributed by atoms with Crippen molar-refractivity contribution >= 4 is 11.6 Å². The van der Waals surface area contributed by atoms with E-state index in [1.165, 1.54) is 7.11 Å². The molecule has 0 fully saturated rings. The standard InChI is InChI=1S/C24H25NO4/c1-27-22-13-11-18(12-14-22)16-29-17-19-7-6-10-21(15-19)25-24(26)23(28-2)20-8-4-3-5-9-20/h3-15,23H,16-17H2,1-2H3,(H,25,26). The maximum absolute atomic E-state index is 12.6. The molecule has 29 heavy (non-hydrogen) atoms. The number of anilines is 1. The van der Waals surface area contributed by atoms with Crippen LogP contribution in [0, 0.1) is 0 Å². The molecule has 0 aliphatic heterocycles. The molecule has 0 spiro atoms. The average Bonchev–Trinajstić information content (AvgIpc) is 2.76. The fraction of sp³-hybridized carbons (Fsp3) is 0.208. The Labute approximate surface area is 171 Å². The van der Waals surface area contributed by atoms with Gasteiger partial charge in [-0.1, -0.05) is 54.6 Å². The van der Waals surface area contributed by atoms with Gasteiger partial charge in [0.1, 0.15) is 5.75 Å². The molecule has 0 aromatic heterocycles. The molecular weight excluding hydrogens is 366 g/mol. The number of benzene rings is 3. The Hall–Kier alpha value is -3.15. The molecule has 0 aliphatic carbocycles. The minimum atomic E-state index is -0.661. The number of ether oxygens (including phenoxy) is 3. The number of methoxy groups -OCH3 is 2. The number of amides is 1. The third-order valence-electron chi connectivity index (χ3n) is 4.47. The summed E-state index contributed by atoms with van der Waals surface area (Å²) in [5, 5.41) is 2.92. The molecule has 1 unspecified atom stereocenters. The Balaban J connectivity index is 1.56. The average molecular weight is 391 g/mol. The third kappa shape index (κ3) is 5.91. The van der Waals surface area contributed by atoms with Crippen molar-refractivity contribution in [2.24, 2.45) is 0 Å². The lowest BCUT2D eigenvalue weighted by atomic mass is 10.1. The van der Waals surface area contributed by atoms with E-state index < -0.39 is 6.10 Å². The van der Waals surface area contributed by atoms with Crippen molar-refractivity contribution in [3.63, 3.8) is 0 Å². The van der Waals surface area contributed by atoms with E-state index in [1.54, 1.807) is 7.11 Å². The molecule has 0 aliphatic rings. The zero-order valence-corrected chi connectivity index (χ0v) is 16.6. The van der Waals surface area contributed by atoms with Crippen LogP contribution >= 0.6 is 0 Å². The van der Waals surface area contributed by atoms with Gasteiger partial charge >= 0.3 is 0 Å². The van der Waals surface area contributed by atoms with Crippen LogP contribution in [-0.4, -0.2) is 20.1 Å². The highest BCUT2D eigenvalue weighted by Gasteiger charge is 2.19. The summed E-state index contributed by atoms with van der Waals surface area (Å²) in [4.78, 5) is 12.6. The van der Waals surface area contributed by atoms with Gasteiger partial charge in [0.25, 0.3) is 5.91 Å². The maximum Gasteiger partial charge on any atom is 0.258 e. The summed E-state index contributed by atoms with van der Waals surface area (Å²) in [7, 11) is 3.17. The maximum atomic E-state index is 12.6. The van der Waals surface area contributed by atoms with E-state index in [4.69, 9.17) is 14.2 Å². The molecular formula is C24H25NO4. The fourth-order valence-electron chi connectivity index (χ4n) is 2.98. The van der Waals surface area contributed by atoms with Crippen LogP contribution in [0.4, 0.5) is 5.69 Å². The van der Waals surface area contributed by atoms with E-state index in [0.29, 0.717) is 18.9 Å². The lowest BCUT2D eigenvalue weighted by molar-refractivity contribution is -0.126. The SMILES string of the molecule is COc1ccc(COCc2cccc(NC(=O)C(OC)c3ccccc3)c2)cc1. The molecule has 3 aromatic rings. The van der Waals surface area contributed by atoms with Crippen LogP contribution in [0.2, 0.25) is 0 Å². The van der Waals surface area contributed by atoms with Crippen molar-refractivity contribution in [3.05, 3.63) is 95.6 Å². The number of hydrogen-bond donors (Lipinski definition) is 1. The van der Waals surface area contributed by atoms with Gasteiger partial charge in [0.05, 0.1) is 20.3 Å². The van der Waals surface area contributed by atoms with E-state index >= 15 is 0 Å². The van der Waals surface area contributed by atoms with E-state index in [1.807, 2.05) is 78.9 Å². The van der Waals surface area contributed by atoms with E-state index in [-0.39, 0.29) is 5.91 Å². The van der Waals surface area contributed by atoms with Gasteiger partial charge in [-0.25, -0.2) is 0 Å². The van der Waals surface area contributed by atoms with Crippen LogP contribution in [0.3, 0.4) is 0 Å². The fourth-order valence-corrected chi connectivity index (χ4v) is 2.98. The smallest absolute Gasteiger partial charge is 0.258 e. The van der Waals surface area contributed by atoms with Gasteiger partial charge in [0.2, 0.25) is 0 Å². The monoisotopic (exact) mass is 391 g/mol. The van der Waals surface area contributed by atoms with Crippen molar-refractivity contribution in [2.75, 3.05) is 19.5 Å². The number of carbonyl (C=O) groups is 1. The van der Waals surface area contributed by atoms with Gasteiger partial charge in [-0.15, -0.1) is 0 Å². The summed E-state index contributed by atoms with van der Waals surface area (Å²) >= 11 is 0. The second-order valence-electron chi connectivity index (χ2n) is 6.56. The molecule has 5 nitrogen and oxygen atoms in total. The van der Waals surface area contributed by atoms with Gasteiger partial charge < -0.3 is 19.5 Å². The highest BCUT2D eigenvalue weighted by atomic mass is 16.5. The van der Waals surface area contributed by atoms with Crippen molar-refractivity contribution in [1.29, 1.82) is 0 Å².